The average molecular weight is 280 g/mol. The Morgan fingerprint density at radius 1 is 1.16 bits per heavy atom. The quantitative estimate of drug-likeness (QED) is 0.642. The summed E-state index contributed by atoms with van der Waals surface area (Å²) in [6.07, 6.45) is 5.12. The molecule has 3 nitrogen and oxygen atoms in total. The van der Waals surface area contributed by atoms with Gasteiger partial charge in [-0.15, -0.1) is 4.72 Å². The third kappa shape index (κ3) is 5.15. The van der Waals surface area contributed by atoms with Gasteiger partial charge in [-0.3, -0.25) is 0 Å². The van der Waals surface area contributed by atoms with Crippen LogP contribution in [0.1, 0.15) is 31.2 Å². The topological polar surface area (TPSA) is 38.3 Å². The Morgan fingerprint density at radius 3 is 2.53 bits per heavy atom. The second-order valence-electron chi connectivity index (χ2n) is 5.23. The van der Waals surface area contributed by atoms with E-state index in [-0.39, 0.29) is 0 Å². The van der Waals surface area contributed by atoms with E-state index >= 15 is 0 Å². The molecular formula is C15H24N2OS. The molecule has 1 N–H and O–H groups in total. The molecule has 0 aliphatic carbocycles. The molecule has 0 radical (unpaired) electrons. The summed E-state index contributed by atoms with van der Waals surface area (Å²) in [6.45, 7) is 6.45. The standard InChI is InChI=1S/C15H24N2OS/c1-14-6-8-15(9-7-14)19(18)16-10-5-13-17-11-3-2-4-12-17/h6-9,16H,2-5,10-13H2,1H3. The number of aryl methyl sites for hydroxylation is 1. The average Bonchev–Trinajstić information content (AvgIpc) is 2.45. The molecule has 4 heteroatoms. The van der Waals surface area contributed by atoms with Crippen molar-refractivity contribution in [1.82, 2.24) is 9.62 Å². The molecule has 1 aromatic carbocycles. The maximum Gasteiger partial charge on any atom is 0.173 e. The van der Waals surface area contributed by atoms with Crippen LogP contribution in [-0.2, 0) is 11.4 Å². The Morgan fingerprint density at radius 2 is 1.84 bits per heavy atom. The van der Waals surface area contributed by atoms with Gasteiger partial charge in [0.25, 0.3) is 0 Å². The van der Waals surface area contributed by atoms with Gasteiger partial charge in [-0.05, 0) is 58.0 Å². The number of nitrogens with one attached hydrogen (secondary N) is 1. The lowest BCUT2D eigenvalue weighted by Crippen LogP contribution is -2.33. The minimum atomic E-state index is -1.07. The predicted octanol–water partition coefficient (Wildman–Crippen LogP) is 2.48. The Kier molecular flexibility index (Phi) is 6.17. The summed E-state index contributed by atoms with van der Waals surface area (Å²) in [7, 11) is 0. The summed E-state index contributed by atoms with van der Waals surface area (Å²) in [6, 6.07) is 7.87. The Bertz CT molecular complexity index is 363. The molecule has 106 valence electrons. The van der Waals surface area contributed by atoms with Crippen LogP contribution in [0.25, 0.3) is 0 Å². The summed E-state index contributed by atoms with van der Waals surface area (Å²) in [5, 5.41) is 0. The fourth-order valence-electron chi connectivity index (χ4n) is 2.40. The predicted molar refractivity (Wildman–Crippen MR) is 80.5 cm³/mol. The molecule has 1 fully saturated rings. The van der Waals surface area contributed by atoms with Crippen molar-refractivity contribution in [3.8, 4) is 0 Å². The first-order valence-electron chi connectivity index (χ1n) is 7.20. The fourth-order valence-corrected chi connectivity index (χ4v) is 3.28. The Labute approximate surface area is 119 Å². The van der Waals surface area contributed by atoms with Crippen LogP contribution in [0.2, 0.25) is 0 Å². The molecule has 1 heterocycles. The lowest BCUT2D eigenvalue weighted by atomic mass is 10.1. The van der Waals surface area contributed by atoms with E-state index in [4.69, 9.17) is 0 Å². The van der Waals surface area contributed by atoms with Crippen molar-refractivity contribution < 1.29 is 4.55 Å². The van der Waals surface area contributed by atoms with Crippen LogP contribution < -0.4 is 4.72 Å². The van der Waals surface area contributed by atoms with Gasteiger partial charge in [0.15, 0.2) is 4.90 Å². The first-order chi connectivity index (χ1) is 9.25. The molecule has 0 spiro atoms. The van der Waals surface area contributed by atoms with Crippen molar-refractivity contribution in [2.45, 2.75) is 37.5 Å². The van der Waals surface area contributed by atoms with E-state index < -0.39 is 11.4 Å². The maximum atomic E-state index is 12.0. The number of hydrogen-bond acceptors (Lipinski definition) is 3. The second kappa shape index (κ2) is 7.90. The van der Waals surface area contributed by atoms with Gasteiger partial charge >= 0.3 is 0 Å². The van der Waals surface area contributed by atoms with Crippen LogP contribution in [0.15, 0.2) is 29.2 Å². The Hall–Kier alpha value is -0.550. The monoisotopic (exact) mass is 280 g/mol. The highest BCUT2D eigenvalue weighted by Crippen LogP contribution is 2.10. The van der Waals surface area contributed by atoms with Crippen LogP contribution >= 0.6 is 0 Å². The van der Waals surface area contributed by atoms with Gasteiger partial charge in [0.1, 0.15) is 0 Å². The summed E-state index contributed by atoms with van der Waals surface area (Å²) < 4.78 is 15.1. The highest BCUT2D eigenvalue weighted by molar-refractivity contribution is 7.89. The van der Waals surface area contributed by atoms with E-state index in [1.807, 2.05) is 31.2 Å². The second-order valence-corrected chi connectivity index (χ2v) is 6.53. The van der Waals surface area contributed by atoms with Crippen molar-refractivity contribution in [3.05, 3.63) is 29.8 Å². The number of nitrogens with zero attached hydrogens (tertiary/aromatic N) is 1. The van der Waals surface area contributed by atoms with E-state index in [0.717, 1.165) is 24.4 Å². The molecule has 1 aromatic rings. The molecule has 1 atom stereocenters. The normalized spacial score (nSPS) is 18.4. The molecule has 1 saturated heterocycles. The largest absolute Gasteiger partial charge is 0.593 e. The third-order valence-electron chi connectivity index (χ3n) is 3.57. The number of hydrogen-bond donors (Lipinski definition) is 1. The van der Waals surface area contributed by atoms with Gasteiger partial charge in [-0.2, -0.15) is 0 Å². The molecule has 19 heavy (non-hydrogen) atoms. The van der Waals surface area contributed by atoms with Gasteiger partial charge in [0.2, 0.25) is 0 Å². The number of likely N-dealkylation sites (tertiary alicyclic amines) is 1. The van der Waals surface area contributed by atoms with E-state index in [9.17, 15) is 4.55 Å². The molecule has 2 rings (SSSR count). The molecular weight excluding hydrogens is 256 g/mol. The van der Waals surface area contributed by atoms with Crippen molar-refractivity contribution >= 4 is 11.4 Å². The van der Waals surface area contributed by atoms with E-state index in [0.29, 0.717) is 0 Å². The SMILES string of the molecule is Cc1ccc([S+]([O-])NCCCN2CCCCC2)cc1. The zero-order valence-electron chi connectivity index (χ0n) is 11.7. The summed E-state index contributed by atoms with van der Waals surface area (Å²) in [5.41, 5.74) is 1.20. The van der Waals surface area contributed by atoms with Crippen molar-refractivity contribution in [2.24, 2.45) is 0 Å². The molecule has 0 bridgehead atoms. The molecule has 1 aliphatic heterocycles. The number of benzene rings is 1. The number of piperidine rings is 1. The molecule has 0 amide bonds. The first kappa shape index (κ1) is 14.9. The third-order valence-corrected chi connectivity index (χ3v) is 4.73. The van der Waals surface area contributed by atoms with E-state index in [2.05, 4.69) is 9.62 Å². The maximum absolute atomic E-state index is 12.0. The van der Waals surface area contributed by atoms with Crippen molar-refractivity contribution in [2.75, 3.05) is 26.2 Å². The first-order valence-corrected chi connectivity index (χ1v) is 8.35. The van der Waals surface area contributed by atoms with Crippen LogP contribution in [-0.4, -0.2) is 35.6 Å². The lowest BCUT2D eigenvalue weighted by Gasteiger charge is -2.26. The van der Waals surface area contributed by atoms with E-state index in [1.165, 1.54) is 37.9 Å². The van der Waals surface area contributed by atoms with Gasteiger partial charge in [0.05, 0.1) is 11.4 Å². The van der Waals surface area contributed by atoms with Crippen molar-refractivity contribution in [1.29, 1.82) is 0 Å². The lowest BCUT2D eigenvalue weighted by molar-refractivity contribution is 0.227. The van der Waals surface area contributed by atoms with Crippen LogP contribution in [0.5, 0.6) is 0 Å². The van der Waals surface area contributed by atoms with E-state index in [1.54, 1.807) is 0 Å². The summed E-state index contributed by atoms with van der Waals surface area (Å²) in [4.78, 5) is 3.38. The minimum Gasteiger partial charge on any atom is -0.593 e. The minimum absolute atomic E-state index is 0.816. The van der Waals surface area contributed by atoms with Crippen LogP contribution in [0.4, 0.5) is 0 Å². The Balaban J connectivity index is 1.63. The molecule has 0 aromatic heterocycles. The van der Waals surface area contributed by atoms with Gasteiger partial charge in [0, 0.05) is 6.54 Å². The molecule has 1 aliphatic rings. The van der Waals surface area contributed by atoms with Gasteiger partial charge in [-0.25, -0.2) is 0 Å². The smallest absolute Gasteiger partial charge is 0.173 e. The molecule has 1 unspecified atom stereocenters. The van der Waals surface area contributed by atoms with Crippen molar-refractivity contribution in [3.63, 3.8) is 0 Å². The fraction of sp³-hybridized carbons (Fsp3) is 0.600. The zero-order valence-corrected chi connectivity index (χ0v) is 12.5. The summed E-state index contributed by atoms with van der Waals surface area (Å²) >= 11 is -1.07. The summed E-state index contributed by atoms with van der Waals surface area (Å²) in [5.74, 6) is 0. The van der Waals surface area contributed by atoms with Gasteiger partial charge in [-0.1, -0.05) is 24.1 Å². The van der Waals surface area contributed by atoms with Gasteiger partial charge < -0.3 is 9.45 Å². The highest BCUT2D eigenvalue weighted by Gasteiger charge is 2.12. The molecule has 0 saturated carbocycles. The van der Waals surface area contributed by atoms with Crippen LogP contribution in [0, 0.1) is 6.92 Å². The number of rotatable bonds is 6. The zero-order chi connectivity index (χ0) is 13.5. The van der Waals surface area contributed by atoms with Crippen LogP contribution in [0.3, 0.4) is 0 Å². The highest BCUT2D eigenvalue weighted by atomic mass is 32.2.